The fourth-order valence-electron chi connectivity index (χ4n) is 2.47. The van der Waals surface area contributed by atoms with Crippen LogP contribution in [-0.2, 0) is 0 Å². The highest BCUT2D eigenvalue weighted by molar-refractivity contribution is 5.97. The smallest absolute Gasteiger partial charge is 0.343 e. The van der Waals surface area contributed by atoms with Gasteiger partial charge in [-0.25, -0.2) is 10.2 Å². The zero-order valence-corrected chi connectivity index (χ0v) is 15.5. The second kappa shape index (κ2) is 9.18. The molecular formula is C22H18N2O5. The van der Waals surface area contributed by atoms with E-state index in [2.05, 4.69) is 10.5 Å². The lowest BCUT2D eigenvalue weighted by atomic mass is 10.2. The number of methoxy groups -OCH3 is 1. The first-order chi connectivity index (χ1) is 14.1. The van der Waals surface area contributed by atoms with E-state index in [4.69, 9.17) is 9.47 Å². The van der Waals surface area contributed by atoms with E-state index in [9.17, 15) is 14.7 Å². The number of phenols is 1. The van der Waals surface area contributed by atoms with Crippen molar-refractivity contribution in [2.75, 3.05) is 7.11 Å². The van der Waals surface area contributed by atoms with Crippen LogP contribution in [0.3, 0.4) is 0 Å². The summed E-state index contributed by atoms with van der Waals surface area (Å²) in [6.45, 7) is 0. The molecule has 1 amide bonds. The summed E-state index contributed by atoms with van der Waals surface area (Å²) in [5, 5.41) is 13.6. The largest absolute Gasteiger partial charge is 0.507 e. The summed E-state index contributed by atoms with van der Waals surface area (Å²) in [5.41, 5.74) is 3.49. The average molecular weight is 390 g/mol. The predicted molar refractivity (Wildman–Crippen MR) is 108 cm³/mol. The summed E-state index contributed by atoms with van der Waals surface area (Å²) >= 11 is 0. The minimum atomic E-state index is -0.542. The number of esters is 1. The van der Waals surface area contributed by atoms with Crippen LogP contribution in [-0.4, -0.2) is 30.3 Å². The van der Waals surface area contributed by atoms with E-state index in [1.54, 1.807) is 54.6 Å². The summed E-state index contributed by atoms with van der Waals surface area (Å²) in [5.74, 6) is -0.576. The van der Waals surface area contributed by atoms with Crippen molar-refractivity contribution in [2.24, 2.45) is 5.10 Å². The molecule has 0 saturated carbocycles. The van der Waals surface area contributed by atoms with Gasteiger partial charge in [0.15, 0.2) is 11.5 Å². The van der Waals surface area contributed by atoms with Gasteiger partial charge in [0, 0.05) is 0 Å². The normalized spacial score (nSPS) is 10.5. The van der Waals surface area contributed by atoms with E-state index in [0.29, 0.717) is 16.9 Å². The van der Waals surface area contributed by atoms with Gasteiger partial charge in [-0.15, -0.1) is 0 Å². The first-order valence-corrected chi connectivity index (χ1v) is 8.65. The standard InChI is InChI=1S/C22H18N2O5/c1-28-20-13-15(14-23-24-21(26)17-9-5-6-10-18(17)25)11-12-19(20)29-22(27)16-7-3-2-4-8-16/h2-14,25H,1H3,(H,24,26)/b23-14-. The number of hydrazone groups is 1. The molecule has 0 aliphatic rings. The maximum atomic E-state index is 12.2. The van der Waals surface area contributed by atoms with Crippen LogP contribution in [0, 0.1) is 0 Å². The summed E-state index contributed by atoms with van der Waals surface area (Å²) in [6.07, 6.45) is 1.41. The summed E-state index contributed by atoms with van der Waals surface area (Å²) in [4.78, 5) is 24.2. The highest BCUT2D eigenvalue weighted by atomic mass is 16.6. The number of rotatable bonds is 6. The molecule has 0 saturated heterocycles. The Kier molecular flexibility index (Phi) is 6.22. The number of aromatic hydroxyl groups is 1. The minimum Gasteiger partial charge on any atom is -0.507 e. The van der Waals surface area contributed by atoms with Gasteiger partial charge >= 0.3 is 5.97 Å². The monoisotopic (exact) mass is 390 g/mol. The van der Waals surface area contributed by atoms with Gasteiger partial charge in [-0.3, -0.25) is 4.79 Å². The van der Waals surface area contributed by atoms with Crippen LogP contribution in [0.1, 0.15) is 26.3 Å². The van der Waals surface area contributed by atoms with Crippen molar-refractivity contribution in [3.05, 3.63) is 89.5 Å². The molecule has 7 nitrogen and oxygen atoms in total. The Morgan fingerprint density at radius 3 is 2.41 bits per heavy atom. The molecule has 0 unspecified atom stereocenters. The number of para-hydroxylation sites is 1. The second-order valence-corrected chi connectivity index (χ2v) is 5.88. The number of amides is 1. The third-order valence-corrected chi connectivity index (χ3v) is 3.93. The van der Waals surface area contributed by atoms with Crippen molar-refractivity contribution < 1.29 is 24.2 Å². The Morgan fingerprint density at radius 1 is 0.966 bits per heavy atom. The summed E-state index contributed by atoms with van der Waals surface area (Å²) in [6, 6.07) is 19.6. The van der Waals surface area contributed by atoms with Crippen LogP contribution in [0.5, 0.6) is 17.2 Å². The molecule has 0 heterocycles. The molecule has 0 atom stereocenters. The van der Waals surface area contributed by atoms with Gasteiger partial charge in [-0.05, 0) is 48.0 Å². The van der Waals surface area contributed by atoms with E-state index >= 15 is 0 Å². The summed E-state index contributed by atoms with van der Waals surface area (Å²) in [7, 11) is 1.45. The van der Waals surface area contributed by atoms with E-state index in [1.165, 1.54) is 25.5 Å². The highest BCUT2D eigenvalue weighted by Gasteiger charge is 2.13. The van der Waals surface area contributed by atoms with Crippen molar-refractivity contribution >= 4 is 18.1 Å². The van der Waals surface area contributed by atoms with Crippen LogP contribution in [0.25, 0.3) is 0 Å². The number of nitrogens with one attached hydrogen (secondary N) is 1. The van der Waals surface area contributed by atoms with Crippen molar-refractivity contribution in [3.63, 3.8) is 0 Å². The van der Waals surface area contributed by atoms with E-state index in [-0.39, 0.29) is 17.1 Å². The Bertz CT molecular complexity index is 1050. The quantitative estimate of drug-likeness (QED) is 0.291. The van der Waals surface area contributed by atoms with Gasteiger partial charge in [0.25, 0.3) is 5.91 Å². The number of carbonyl (C=O) groups is 2. The van der Waals surface area contributed by atoms with Gasteiger partial charge in [0.2, 0.25) is 0 Å². The van der Waals surface area contributed by atoms with Gasteiger partial charge in [0.05, 0.1) is 24.5 Å². The van der Waals surface area contributed by atoms with Crippen molar-refractivity contribution in [1.82, 2.24) is 5.43 Å². The maximum Gasteiger partial charge on any atom is 0.343 e. The molecule has 3 rings (SSSR count). The minimum absolute atomic E-state index is 0.116. The Hall–Kier alpha value is -4.13. The lowest BCUT2D eigenvalue weighted by Crippen LogP contribution is -2.17. The SMILES string of the molecule is COc1cc(/C=N\NC(=O)c2ccccc2O)ccc1OC(=O)c1ccccc1. The predicted octanol–water partition coefficient (Wildman–Crippen LogP) is 3.38. The number of ether oxygens (including phenoxy) is 2. The molecular weight excluding hydrogens is 372 g/mol. The van der Waals surface area contributed by atoms with Crippen LogP contribution >= 0.6 is 0 Å². The van der Waals surface area contributed by atoms with Gasteiger partial charge in [-0.1, -0.05) is 30.3 Å². The van der Waals surface area contributed by atoms with E-state index < -0.39 is 11.9 Å². The van der Waals surface area contributed by atoms with Crippen LogP contribution < -0.4 is 14.9 Å². The molecule has 0 aliphatic carbocycles. The Morgan fingerprint density at radius 2 is 1.69 bits per heavy atom. The molecule has 0 aromatic heterocycles. The zero-order chi connectivity index (χ0) is 20.6. The maximum absolute atomic E-state index is 12.2. The molecule has 3 aromatic carbocycles. The molecule has 0 fully saturated rings. The first-order valence-electron chi connectivity index (χ1n) is 8.65. The third kappa shape index (κ3) is 4.98. The second-order valence-electron chi connectivity index (χ2n) is 5.88. The molecule has 0 bridgehead atoms. The Labute approximate surface area is 167 Å². The summed E-state index contributed by atoms with van der Waals surface area (Å²) < 4.78 is 10.7. The molecule has 0 radical (unpaired) electrons. The number of phenolic OH excluding ortho intramolecular Hbond substituents is 1. The molecule has 7 heteroatoms. The number of hydrogen-bond donors (Lipinski definition) is 2. The Balaban J connectivity index is 1.68. The zero-order valence-electron chi connectivity index (χ0n) is 15.5. The van der Waals surface area contributed by atoms with Crippen LogP contribution in [0.2, 0.25) is 0 Å². The lowest BCUT2D eigenvalue weighted by Gasteiger charge is -2.10. The van der Waals surface area contributed by atoms with E-state index in [0.717, 1.165) is 0 Å². The molecule has 0 aliphatic heterocycles. The van der Waals surface area contributed by atoms with Crippen molar-refractivity contribution in [3.8, 4) is 17.2 Å². The fourth-order valence-corrected chi connectivity index (χ4v) is 2.47. The van der Waals surface area contributed by atoms with Gasteiger partial charge in [0.1, 0.15) is 5.75 Å². The van der Waals surface area contributed by atoms with Crippen molar-refractivity contribution in [2.45, 2.75) is 0 Å². The lowest BCUT2D eigenvalue weighted by molar-refractivity contribution is 0.0729. The van der Waals surface area contributed by atoms with Gasteiger partial charge < -0.3 is 14.6 Å². The van der Waals surface area contributed by atoms with Crippen LogP contribution in [0.4, 0.5) is 0 Å². The fraction of sp³-hybridized carbons (Fsp3) is 0.0455. The van der Waals surface area contributed by atoms with E-state index in [1.807, 2.05) is 6.07 Å². The molecule has 0 spiro atoms. The van der Waals surface area contributed by atoms with Crippen molar-refractivity contribution in [1.29, 1.82) is 0 Å². The first kappa shape index (κ1) is 19.6. The number of carbonyl (C=O) groups excluding carboxylic acids is 2. The molecule has 3 aromatic rings. The topological polar surface area (TPSA) is 97.2 Å². The third-order valence-electron chi connectivity index (χ3n) is 3.93. The number of nitrogens with zero attached hydrogens (tertiary/aromatic N) is 1. The highest BCUT2D eigenvalue weighted by Crippen LogP contribution is 2.28. The number of hydrogen-bond acceptors (Lipinski definition) is 6. The molecule has 2 N–H and O–H groups in total. The molecule has 29 heavy (non-hydrogen) atoms. The van der Waals surface area contributed by atoms with Gasteiger partial charge in [-0.2, -0.15) is 5.10 Å². The molecule has 146 valence electrons. The average Bonchev–Trinajstić information content (AvgIpc) is 2.75. The van der Waals surface area contributed by atoms with Crippen LogP contribution in [0.15, 0.2) is 77.9 Å². The number of benzene rings is 3.